The normalized spacial score (nSPS) is 22.5. The lowest BCUT2D eigenvalue weighted by molar-refractivity contribution is -0.147. The number of rotatable bonds is 9. The molecule has 10 heteroatoms. The number of carbonyl (C=O) groups is 1. The maximum atomic E-state index is 13.4. The molecule has 2 fully saturated rings. The van der Waals surface area contributed by atoms with Crippen LogP contribution in [0.5, 0.6) is 5.75 Å². The molecule has 6 rings (SSSR count). The highest BCUT2D eigenvalue weighted by Gasteiger charge is 2.63. The van der Waals surface area contributed by atoms with Crippen LogP contribution in [0, 0.1) is 5.41 Å². The zero-order valence-corrected chi connectivity index (χ0v) is 25.2. The van der Waals surface area contributed by atoms with Crippen LogP contribution in [0.25, 0.3) is 22.2 Å². The van der Waals surface area contributed by atoms with Crippen LogP contribution in [-0.4, -0.2) is 56.2 Å². The van der Waals surface area contributed by atoms with Crippen LogP contribution in [0.2, 0.25) is 0 Å². The van der Waals surface area contributed by atoms with E-state index < -0.39 is 21.9 Å². The van der Waals surface area contributed by atoms with Crippen molar-refractivity contribution in [3.63, 3.8) is 0 Å². The summed E-state index contributed by atoms with van der Waals surface area (Å²) in [6.07, 6.45) is 6.43. The molecule has 3 atom stereocenters. The Morgan fingerprint density at radius 1 is 1.21 bits per heavy atom. The maximum Gasteiger partial charge on any atom is 0.314 e. The Balaban J connectivity index is 1.56. The fraction of sp³-hybridized carbons (Fsp3) is 0.469. The minimum atomic E-state index is -3.95. The van der Waals surface area contributed by atoms with Gasteiger partial charge in [-0.05, 0) is 66.1 Å². The molecule has 224 valence electrons. The third-order valence-corrected chi connectivity index (χ3v) is 11.0. The van der Waals surface area contributed by atoms with E-state index in [9.17, 15) is 18.3 Å². The first-order valence-electron chi connectivity index (χ1n) is 14.6. The highest BCUT2D eigenvalue weighted by molar-refractivity contribution is 7.87. The van der Waals surface area contributed by atoms with Crippen molar-refractivity contribution in [3.05, 3.63) is 65.7 Å². The predicted molar refractivity (Wildman–Crippen MR) is 161 cm³/mol. The van der Waals surface area contributed by atoms with Gasteiger partial charge >= 0.3 is 5.97 Å². The van der Waals surface area contributed by atoms with Gasteiger partial charge in [0.05, 0.1) is 25.3 Å². The Bertz CT molecular complexity index is 1660. The van der Waals surface area contributed by atoms with Crippen molar-refractivity contribution >= 4 is 27.1 Å². The number of ether oxygens (including phenoxy) is 2. The van der Waals surface area contributed by atoms with Crippen molar-refractivity contribution in [2.45, 2.75) is 63.1 Å². The molecule has 0 saturated heterocycles. The van der Waals surface area contributed by atoms with Gasteiger partial charge in [0.15, 0.2) is 0 Å². The van der Waals surface area contributed by atoms with Crippen molar-refractivity contribution in [2.75, 3.05) is 27.8 Å². The molecule has 3 aromatic rings. The minimum Gasteiger partial charge on any atom is -0.497 e. The van der Waals surface area contributed by atoms with E-state index >= 15 is 0 Å². The minimum absolute atomic E-state index is 0.00480. The first-order valence-corrected chi connectivity index (χ1v) is 16.0. The van der Waals surface area contributed by atoms with E-state index in [1.165, 1.54) is 32.2 Å². The number of aliphatic hydroxyl groups is 1. The lowest BCUT2D eigenvalue weighted by atomic mass is 9.81. The van der Waals surface area contributed by atoms with Gasteiger partial charge in [0.2, 0.25) is 0 Å². The number of nitrogens with zero attached hydrogens (tertiary/aromatic N) is 2. The quantitative estimate of drug-likeness (QED) is 0.206. The van der Waals surface area contributed by atoms with Crippen LogP contribution in [0.4, 0.5) is 0 Å². The molecule has 2 heterocycles. The SMILES string of the molecule is C=CCN(C)S(=O)(=O)NC(O)c1ccc2c(C3CCCCC3)c3n(c2c1)CC1(C(=O)OC)CC1c1cc(OC)ccc1-3. The third kappa shape index (κ3) is 4.65. The van der Waals surface area contributed by atoms with E-state index in [2.05, 4.69) is 28.0 Å². The van der Waals surface area contributed by atoms with Gasteiger partial charge in [0.1, 0.15) is 12.0 Å². The third-order valence-electron chi connectivity index (χ3n) is 9.51. The van der Waals surface area contributed by atoms with Crippen molar-refractivity contribution in [2.24, 2.45) is 5.41 Å². The van der Waals surface area contributed by atoms with Crippen LogP contribution in [0.15, 0.2) is 49.1 Å². The summed E-state index contributed by atoms with van der Waals surface area (Å²) in [6.45, 7) is 4.14. The Morgan fingerprint density at radius 3 is 2.67 bits per heavy atom. The number of esters is 1. The first-order chi connectivity index (χ1) is 20.1. The van der Waals surface area contributed by atoms with Crippen LogP contribution in [0.1, 0.15) is 73.3 Å². The molecule has 3 unspecified atom stereocenters. The summed E-state index contributed by atoms with van der Waals surface area (Å²) in [5.41, 5.74) is 5.14. The number of benzene rings is 2. The topological polar surface area (TPSA) is 110 Å². The monoisotopic (exact) mass is 593 g/mol. The van der Waals surface area contributed by atoms with Gasteiger partial charge in [-0.2, -0.15) is 17.4 Å². The van der Waals surface area contributed by atoms with Gasteiger partial charge < -0.3 is 19.1 Å². The van der Waals surface area contributed by atoms with E-state index in [0.717, 1.165) is 63.5 Å². The molecule has 2 aromatic carbocycles. The molecular weight excluding hydrogens is 554 g/mol. The molecule has 2 aliphatic carbocycles. The Kier molecular flexibility index (Phi) is 7.45. The van der Waals surface area contributed by atoms with Crippen molar-refractivity contribution in [1.29, 1.82) is 0 Å². The van der Waals surface area contributed by atoms with Crippen molar-refractivity contribution < 1.29 is 27.8 Å². The van der Waals surface area contributed by atoms with E-state index in [1.54, 1.807) is 13.2 Å². The fourth-order valence-corrected chi connectivity index (χ4v) is 8.14. The number of nitrogens with one attached hydrogen (secondary N) is 1. The maximum absolute atomic E-state index is 13.4. The average molecular weight is 594 g/mol. The Labute approximate surface area is 247 Å². The van der Waals surface area contributed by atoms with Gasteiger partial charge in [-0.15, -0.1) is 6.58 Å². The van der Waals surface area contributed by atoms with Crippen LogP contribution in [0.3, 0.4) is 0 Å². The number of methoxy groups -OCH3 is 2. The summed E-state index contributed by atoms with van der Waals surface area (Å²) in [4.78, 5) is 13.4. The summed E-state index contributed by atoms with van der Waals surface area (Å²) in [7, 11) is 0.568. The number of aliphatic hydroxyl groups excluding tert-OH is 1. The summed E-state index contributed by atoms with van der Waals surface area (Å²) in [5, 5.41) is 12.1. The summed E-state index contributed by atoms with van der Waals surface area (Å²) in [6, 6.07) is 11.8. The number of hydrogen-bond acceptors (Lipinski definition) is 6. The second-order valence-electron chi connectivity index (χ2n) is 11.9. The van der Waals surface area contributed by atoms with Crippen molar-refractivity contribution in [3.8, 4) is 17.0 Å². The lowest BCUT2D eigenvalue weighted by Gasteiger charge is -2.24. The molecule has 0 bridgehead atoms. The van der Waals surface area contributed by atoms with Gasteiger partial charge in [0.25, 0.3) is 10.2 Å². The number of aromatic nitrogens is 1. The Hall–Kier alpha value is -3.18. The lowest BCUT2D eigenvalue weighted by Crippen LogP contribution is -2.40. The van der Waals surface area contributed by atoms with E-state index in [1.807, 2.05) is 18.2 Å². The number of fused-ring (bicyclic) bond motifs is 7. The molecule has 2 saturated carbocycles. The van der Waals surface area contributed by atoms with Gasteiger partial charge in [-0.3, -0.25) is 4.79 Å². The molecule has 1 aliphatic heterocycles. The van der Waals surface area contributed by atoms with Crippen LogP contribution < -0.4 is 9.46 Å². The Morgan fingerprint density at radius 2 is 1.98 bits per heavy atom. The highest BCUT2D eigenvalue weighted by Crippen LogP contribution is 2.66. The smallest absolute Gasteiger partial charge is 0.314 e. The molecule has 42 heavy (non-hydrogen) atoms. The number of likely N-dealkylation sites (N-methyl/N-ethyl adjacent to an activating group) is 1. The zero-order valence-electron chi connectivity index (χ0n) is 24.4. The standard InChI is InChI=1S/C32H39N3O6S/c1-5-15-34(2)42(38,39)33-30(36)21-11-13-24-27(16-21)35-19-32(31(37)41-4)18-26(32)25-17-22(40-3)12-14-23(25)29(35)28(24)20-9-7-6-8-10-20/h5,11-14,16-17,20,26,30,33,36H,1,6-10,15,18-19H2,2-4H3. The van der Waals surface area contributed by atoms with E-state index in [-0.39, 0.29) is 18.4 Å². The van der Waals surface area contributed by atoms with Crippen LogP contribution >= 0.6 is 0 Å². The summed E-state index contributed by atoms with van der Waals surface area (Å²) >= 11 is 0. The van der Waals surface area contributed by atoms with E-state index in [4.69, 9.17) is 9.47 Å². The molecule has 9 nitrogen and oxygen atoms in total. The largest absolute Gasteiger partial charge is 0.497 e. The second kappa shape index (κ2) is 10.8. The fourth-order valence-electron chi connectivity index (χ4n) is 7.24. The molecule has 0 amide bonds. The van der Waals surface area contributed by atoms with Crippen molar-refractivity contribution in [1.82, 2.24) is 13.6 Å². The van der Waals surface area contributed by atoms with Gasteiger partial charge in [-0.1, -0.05) is 37.5 Å². The molecule has 0 spiro atoms. The molecule has 0 radical (unpaired) electrons. The molecular formula is C32H39N3O6S. The summed E-state index contributed by atoms with van der Waals surface area (Å²) in [5.74, 6) is 0.884. The molecule has 1 aromatic heterocycles. The number of carbonyl (C=O) groups excluding carboxylic acids is 1. The zero-order chi connectivity index (χ0) is 29.8. The van der Waals surface area contributed by atoms with Gasteiger partial charge in [-0.25, -0.2) is 0 Å². The van der Waals surface area contributed by atoms with Gasteiger partial charge in [0, 0.05) is 42.5 Å². The average Bonchev–Trinajstić information content (AvgIpc) is 3.66. The number of hydrogen-bond donors (Lipinski definition) is 2. The first kappa shape index (κ1) is 28.9. The summed E-state index contributed by atoms with van der Waals surface area (Å²) < 4.78 is 42.2. The second-order valence-corrected chi connectivity index (χ2v) is 13.7. The van der Waals surface area contributed by atoms with E-state index in [0.29, 0.717) is 24.4 Å². The highest BCUT2D eigenvalue weighted by atomic mass is 32.2. The molecule has 3 aliphatic rings. The predicted octanol–water partition coefficient (Wildman–Crippen LogP) is 4.97. The molecule has 2 N–H and O–H groups in total. The van der Waals surface area contributed by atoms with Crippen LogP contribution in [-0.2, 0) is 26.3 Å².